The average Bonchev–Trinajstić information content (AvgIpc) is 2.91. The number of rotatable bonds is 6. The molecule has 7 heteroatoms. The molecule has 0 amide bonds. The summed E-state index contributed by atoms with van der Waals surface area (Å²) >= 11 is 6.22. The van der Waals surface area contributed by atoms with E-state index in [0.29, 0.717) is 16.5 Å². The summed E-state index contributed by atoms with van der Waals surface area (Å²) in [6.07, 6.45) is 0. The van der Waals surface area contributed by atoms with Crippen LogP contribution in [-0.4, -0.2) is 20.7 Å². The quantitative estimate of drug-likeness (QED) is 0.617. The van der Waals surface area contributed by atoms with Gasteiger partial charge in [-0.15, -0.1) is 23.1 Å². The lowest BCUT2D eigenvalue weighted by atomic mass is 10.4. The SMILES string of the molecule is O=S(=O)(NCCSc1ccc(Br)cc1)c1cccs1. The van der Waals surface area contributed by atoms with E-state index in [2.05, 4.69) is 20.7 Å². The number of sulfonamides is 1. The van der Waals surface area contributed by atoms with Gasteiger partial charge in [-0.1, -0.05) is 22.0 Å². The van der Waals surface area contributed by atoms with Gasteiger partial charge in [0.25, 0.3) is 0 Å². The van der Waals surface area contributed by atoms with Gasteiger partial charge in [-0.3, -0.25) is 0 Å². The number of nitrogens with one attached hydrogen (secondary N) is 1. The molecule has 0 bridgehead atoms. The van der Waals surface area contributed by atoms with Crippen LogP contribution in [0.3, 0.4) is 0 Å². The standard InChI is InChI=1S/C12H12BrNO2S3/c13-10-3-5-11(6-4-10)17-9-7-14-19(15,16)12-2-1-8-18-12/h1-6,8,14H,7,9H2. The number of thioether (sulfide) groups is 1. The number of hydrogen-bond acceptors (Lipinski definition) is 4. The van der Waals surface area contributed by atoms with E-state index in [-0.39, 0.29) is 0 Å². The second kappa shape index (κ2) is 6.90. The highest BCUT2D eigenvalue weighted by molar-refractivity contribution is 9.10. The zero-order valence-electron chi connectivity index (χ0n) is 9.87. The maximum atomic E-state index is 11.8. The normalized spacial score (nSPS) is 11.6. The summed E-state index contributed by atoms with van der Waals surface area (Å²) in [4.78, 5) is 1.12. The number of hydrogen-bond donors (Lipinski definition) is 1. The van der Waals surface area contributed by atoms with Crippen LogP contribution in [0.1, 0.15) is 0 Å². The first-order chi connectivity index (χ1) is 9.08. The molecule has 102 valence electrons. The highest BCUT2D eigenvalue weighted by Gasteiger charge is 2.13. The fraction of sp³-hybridized carbons (Fsp3) is 0.167. The second-order valence-electron chi connectivity index (χ2n) is 3.63. The van der Waals surface area contributed by atoms with Crippen molar-refractivity contribution in [2.75, 3.05) is 12.3 Å². The van der Waals surface area contributed by atoms with E-state index >= 15 is 0 Å². The zero-order valence-corrected chi connectivity index (χ0v) is 13.9. The van der Waals surface area contributed by atoms with E-state index in [9.17, 15) is 8.42 Å². The molecule has 3 nitrogen and oxygen atoms in total. The van der Waals surface area contributed by atoms with Crippen molar-refractivity contribution in [1.29, 1.82) is 0 Å². The Morgan fingerprint density at radius 1 is 1.21 bits per heavy atom. The largest absolute Gasteiger partial charge is 0.250 e. The lowest BCUT2D eigenvalue weighted by Gasteiger charge is -2.04. The third kappa shape index (κ3) is 4.61. The predicted octanol–water partition coefficient (Wildman–Crippen LogP) is 3.58. The minimum absolute atomic E-state index is 0.362. The lowest BCUT2D eigenvalue weighted by molar-refractivity contribution is 0.586. The molecule has 1 aromatic heterocycles. The van der Waals surface area contributed by atoms with Crippen LogP contribution >= 0.6 is 39.0 Å². The third-order valence-electron chi connectivity index (χ3n) is 2.24. The molecule has 0 spiro atoms. The Labute approximate surface area is 129 Å². The van der Waals surface area contributed by atoms with Crippen LogP contribution in [0.2, 0.25) is 0 Å². The Morgan fingerprint density at radius 3 is 2.58 bits per heavy atom. The van der Waals surface area contributed by atoms with Crippen molar-refractivity contribution in [1.82, 2.24) is 4.72 Å². The van der Waals surface area contributed by atoms with E-state index in [1.165, 1.54) is 11.3 Å². The van der Waals surface area contributed by atoms with Crippen molar-refractivity contribution in [3.8, 4) is 0 Å². The van der Waals surface area contributed by atoms with Gasteiger partial charge in [0.15, 0.2) is 0 Å². The van der Waals surface area contributed by atoms with Crippen molar-refractivity contribution in [2.45, 2.75) is 9.10 Å². The minimum Gasteiger partial charge on any atom is -0.210 e. The van der Waals surface area contributed by atoms with Crippen LogP contribution in [0.4, 0.5) is 0 Å². The summed E-state index contributed by atoms with van der Waals surface area (Å²) in [7, 11) is -3.33. The van der Waals surface area contributed by atoms with Gasteiger partial charge in [0, 0.05) is 21.7 Å². The van der Waals surface area contributed by atoms with Crippen molar-refractivity contribution in [3.63, 3.8) is 0 Å². The molecule has 1 aromatic carbocycles. The Kier molecular flexibility index (Phi) is 5.47. The smallest absolute Gasteiger partial charge is 0.210 e. The summed E-state index contributed by atoms with van der Waals surface area (Å²) in [5, 5.41) is 1.76. The molecule has 2 rings (SSSR count). The molecule has 19 heavy (non-hydrogen) atoms. The maximum Gasteiger partial charge on any atom is 0.250 e. The van der Waals surface area contributed by atoms with Gasteiger partial charge in [-0.05, 0) is 35.7 Å². The molecule has 1 heterocycles. The van der Waals surface area contributed by atoms with Gasteiger partial charge in [0.2, 0.25) is 10.0 Å². The minimum atomic E-state index is -3.33. The third-order valence-corrected chi connectivity index (χ3v) is 6.64. The van der Waals surface area contributed by atoms with Crippen LogP contribution in [0, 0.1) is 0 Å². The van der Waals surface area contributed by atoms with Gasteiger partial charge >= 0.3 is 0 Å². The highest BCUT2D eigenvalue weighted by atomic mass is 79.9. The Morgan fingerprint density at radius 2 is 1.95 bits per heavy atom. The molecular weight excluding hydrogens is 366 g/mol. The second-order valence-corrected chi connectivity index (χ2v) is 8.66. The van der Waals surface area contributed by atoms with E-state index < -0.39 is 10.0 Å². The Balaban J connectivity index is 1.80. The molecule has 0 radical (unpaired) electrons. The van der Waals surface area contributed by atoms with E-state index in [1.54, 1.807) is 29.3 Å². The van der Waals surface area contributed by atoms with Crippen LogP contribution in [0.25, 0.3) is 0 Å². The maximum absolute atomic E-state index is 11.8. The molecule has 0 aliphatic carbocycles. The van der Waals surface area contributed by atoms with Crippen molar-refractivity contribution in [3.05, 3.63) is 46.3 Å². The van der Waals surface area contributed by atoms with Crippen molar-refractivity contribution >= 4 is 49.1 Å². The summed E-state index contributed by atoms with van der Waals surface area (Å²) in [6.45, 7) is 0.418. The van der Waals surface area contributed by atoms with Gasteiger partial charge in [0.05, 0.1) is 0 Å². The molecule has 0 saturated carbocycles. The first-order valence-corrected chi connectivity index (χ1v) is 9.63. The topological polar surface area (TPSA) is 46.2 Å². The van der Waals surface area contributed by atoms with Gasteiger partial charge < -0.3 is 0 Å². The van der Waals surface area contributed by atoms with Crippen LogP contribution < -0.4 is 4.72 Å². The number of benzene rings is 1. The zero-order chi connectivity index (χ0) is 13.7. The van der Waals surface area contributed by atoms with E-state index in [4.69, 9.17) is 0 Å². The van der Waals surface area contributed by atoms with Crippen LogP contribution in [0.5, 0.6) is 0 Å². The Bertz CT molecular complexity index is 609. The summed E-state index contributed by atoms with van der Waals surface area (Å²) in [5.41, 5.74) is 0. The lowest BCUT2D eigenvalue weighted by Crippen LogP contribution is -2.25. The predicted molar refractivity (Wildman–Crippen MR) is 84.4 cm³/mol. The summed E-state index contributed by atoms with van der Waals surface area (Å²) in [6, 6.07) is 11.3. The van der Waals surface area contributed by atoms with Crippen molar-refractivity contribution in [2.24, 2.45) is 0 Å². The van der Waals surface area contributed by atoms with Gasteiger partial charge in [-0.2, -0.15) is 0 Å². The van der Waals surface area contributed by atoms with Gasteiger partial charge in [0.1, 0.15) is 4.21 Å². The van der Waals surface area contributed by atoms with Crippen LogP contribution in [0.15, 0.2) is 55.4 Å². The molecular formula is C12H12BrNO2S3. The first-order valence-electron chi connectivity index (χ1n) is 5.49. The molecule has 2 aromatic rings. The fourth-order valence-electron chi connectivity index (χ4n) is 1.36. The van der Waals surface area contributed by atoms with E-state index in [0.717, 1.165) is 9.37 Å². The van der Waals surface area contributed by atoms with Crippen molar-refractivity contribution < 1.29 is 8.42 Å². The van der Waals surface area contributed by atoms with Gasteiger partial charge in [-0.25, -0.2) is 13.1 Å². The first kappa shape index (κ1) is 15.1. The fourth-order valence-corrected chi connectivity index (χ4v) is 4.59. The summed E-state index contributed by atoms with van der Waals surface area (Å²) in [5.74, 6) is 0.701. The van der Waals surface area contributed by atoms with Crippen LogP contribution in [-0.2, 0) is 10.0 Å². The molecule has 0 fully saturated rings. The summed E-state index contributed by atoms with van der Waals surface area (Å²) < 4.78 is 27.7. The number of thiophene rings is 1. The molecule has 0 saturated heterocycles. The van der Waals surface area contributed by atoms with E-state index in [1.807, 2.05) is 24.3 Å². The average molecular weight is 378 g/mol. The molecule has 0 unspecified atom stereocenters. The molecule has 0 atom stereocenters. The Hall–Kier alpha value is -0.340. The molecule has 0 aliphatic rings. The monoisotopic (exact) mass is 377 g/mol. The highest BCUT2D eigenvalue weighted by Crippen LogP contribution is 2.20. The number of halogens is 1. The molecule has 0 aliphatic heterocycles. The molecule has 1 N–H and O–H groups in total.